The highest BCUT2D eigenvalue weighted by Gasteiger charge is 2.37. The van der Waals surface area contributed by atoms with Crippen LogP contribution in [0.2, 0.25) is 0 Å². The molecule has 19 heavy (non-hydrogen) atoms. The third-order valence-corrected chi connectivity index (χ3v) is 4.02. The maximum absolute atomic E-state index is 12.3. The van der Waals surface area contributed by atoms with Crippen molar-refractivity contribution in [2.24, 2.45) is 0 Å². The summed E-state index contributed by atoms with van der Waals surface area (Å²) in [6.07, 6.45) is 3.85. The maximum Gasteiger partial charge on any atom is 0.237 e. The van der Waals surface area contributed by atoms with Crippen molar-refractivity contribution in [2.45, 2.75) is 25.7 Å². The van der Waals surface area contributed by atoms with Crippen LogP contribution in [-0.2, 0) is 12.8 Å². The molecule has 0 unspecified atom stereocenters. The first-order valence-electron chi connectivity index (χ1n) is 6.60. The van der Waals surface area contributed by atoms with Crippen molar-refractivity contribution in [3.8, 4) is 11.3 Å². The Kier molecular flexibility index (Phi) is 2.07. The standard InChI is InChI=1S/C16H12O3/c17-14-9-5-1-2-6-10(9)16-13(15(14)18)11-7-3-4-8-12(11)19-16/h1-2,5-6H,3-4,7-8H2. The molecular formula is C16H12O3. The van der Waals surface area contributed by atoms with Gasteiger partial charge in [-0.1, -0.05) is 24.3 Å². The fraction of sp³-hybridized carbons (Fsp3) is 0.250. The lowest BCUT2D eigenvalue weighted by Crippen LogP contribution is -2.21. The highest BCUT2D eigenvalue weighted by atomic mass is 16.3. The molecule has 3 nitrogen and oxygen atoms in total. The number of carbonyl (C=O) groups excluding carboxylic acids is 2. The molecule has 0 atom stereocenters. The zero-order chi connectivity index (χ0) is 13.0. The van der Waals surface area contributed by atoms with E-state index < -0.39 is 11.6 Å². The van der Waals surface area contributed by atoms with Crippen molar-refractivity contribution in [1.82, 2.24) is 0 Å². The Bertz CT molecular complexity index is 722. The summed E-state index contributed by atoms with van der Waals surface area (Å²) < 4.78 is 5.90. The lowest BCUT2D eigenvalue weighted by atomic mass is 9.84. The Hall–Kier alpha value is -2.16. The highest BCUT2D eigenvalue weighted by molar-refractivity contribution is 6.53. The van der Waals surface area contributed by atoms with Crippen LogP contribution in [0.1, 0.15) is 44.9 Å². The van der Waals surface area contributed by atoms with E-state index in [-0.39, 0.29) is 0 Å². The van der Waals surface area contributed by atoms with Crippen molar-refractivity contribution in [1.29, 1.82) is 0 Å². The Morgan fingerprint density at radius 1 is 0.895 bits per heavy atom. The molecule has 0 spiro atoms. The molecule has 2 aliphatic rings. The second-order valence-electron chi connectivity index (χ2n) is 5.12. The quantitative estimate of drug-likeness (QED) is 0.676. The largest absolute Gasteiger partial charge is 0.460 e. The Morgan fingerprint density at radius 3 is 2.47 bits per heavy atom. The molecule has 1 aromatic carbocycles. The summed E-state index contributed by atoms with van der Waals surface area (Å²) in [5.41, 5.74) is 2.72. The summed E-state index contributed by atoms with van der Waals surface area (Å²) in [4.78, 5) is 24.5. The lowest BCUT2D eigenvalue weighted by molar-refractivity contribution is 0.0814. The summed E-state index contributed by atoms with van der Waals surface area (Å²) in [7, 11) is 0. The van der Waals surface area contributed by atoms with Crippen molar-refractivity contribution in [2.75, 3.05) is 0 Å². The van der Waals surface area contributed by atoms with Gasteiger partial charge in [0.2, 0.25) is 11.6 Å². The van der Waals surface area contributed by atoms with Crippen LogP contribution in [0.25, 0.3) is 11.3 Å². The van der Waals surface area contributed by atoms with E-state index in [9.17, 15) is 9.59 Å². The summed E-state index contributed by atoms with van der Waals surface area (Å²) >= 11 is 0. The first-order valence-corrected chi connectivity index (χ1v) is 6.60. The van der Waals surface area contributed by atoms with Crippen LogP contribution in [0.5, 0.6) is 0 Å². The molecule has 0 radical (unpaired) electrons. The van der Waals surface area contributed by atoms with E-state index in [4.69, 9.17) is 4.42 Å². The summed E-state index contributed by atoms with van der Waals surface area (Å²) in [5.74, 6) is 0.694. The molecule has 94 valence electrons. The summed E-state index contributed by atoms with van der Waals surface area (Å²) in [6.45, 7) is 0. The number of ketones is 2. The van der Waals surface area contributed by atoms with Gasteiger partial charge in [-0.25, -0.2) is 0 Å². The van der Waals surface area contributed by atoms with Crippen LogP contribution in [-0.4, -0.2) is 11.6 Å². The van der Waals surface area contributed by atoms with E-state index in [2.05, 4.69) is 0 Å². The molecule has 0 saturated heterocycles. The predicted molar refractivity (Wildman–Crippen MR) is 69.4 cm³/mol. The normalized spacial score (nSPS) is 16.8. The van der Waals surface area contributed by atoms with Crippen LogP contribution < -0.4 is 0 Å². The number of Topliss-reactive ketones (excluding diaryl/α,β-unsaturated/α-hetero) is 2. The molecule has 1 heterocycles. The second kappa shape index (κ2) is 3.67. The van der Waals surface area contributed by atoms with Gasteiger partial charge in [0.05, 0.1) is 5.56 Å². The van der Waals surface area contributed by atoms with Crippen LogP contribution >= 0.6 is 0 Å². The van der Waals surface area contributed by atoms with E-state index >= 15 is 0 Å². The van der Waals surface area contributed by atoms with Gasteiger partial charge in [-0.2, -0.15) is 0 Å². The van der Waals surface area contributed by atoms with Crippen molar-refractivity contribution in [3.05, 3.63) is 46.7 Å². The number of aryl methyl sites for hydroxylation is 1. The zero-order valence-electron chi connectivity index (χ0n) is 10.4. The Labute approximate surface area is 110 Å². The van der Waals surface area contributed by atoms with E-state index in [1.807, 2.05) is 12.1 Å². The van der Waals surface area contributed by atoms with Gasteiger partial charge < -0.3 is 4.42 Å². The van der Waals surface area contributed by atoms with E-state index in [1.165, 1.54) is 0 Å². The average Bonchev–Trinajstić information content (AvgIpc) is 2.84. The van der Waals surface area contributed by atoms with Crippen LogP contribution in [0, 0.1) is 0 Å². The number of furan rings is 1. The van der Waals surface area contributed by atoms with E-state index in [0.717, 1.165) is 42.6 Å². The molecule has 1 aromatic heterocycles. The smallest absolute Gasteiger partial charge is 0.237 e. The number of hydrogen-bond donors (Lipinski definition) is 0. The molecule has 0 saturated carbocycles. The van der Waals surface area contributed by atoms with Gasteiger partial charge in [0, 0.05) is 23.1 Å². The van der Waals surface area contributed by atoms with Gasteiger partial charge in [0.15, 0.2) is 0 Å². The third kappa shape index (κ3) is 1.33. The molecule has 0 amide bonds. The lowest BCUT2D eigenvalue weighted by Gasteiger charge is -2.14. The Balaban J connectivity index is 2.07. The van der Waals surface area contributed by atoms with Crippen molar-refractivity contribution < 1.29 is 14.0 Å². The SMILES string of the molecule is O=C1C(=O)c2c(oc3c2CCCC3)-c2ccccc21. The summed E-state index contributed by atoms with van der Waals surface area (Å²) in [6, 6.07) is 7.19. The molecule has 0 bridgehead atoms. The number of rotatable bonds is 0. The zero-order valence-corrected chi connectivity index (χ0v) is 10.4. The molecule has 0 fully saturated rings. The fourth-order valence-electron chi connectivity index (χ4n) is 3.11. The average molecular weight is 252 g/mol. The minimum absolute atomic E-state index is 0.402. The molecule has 0 aliphatic heterocycles. The number of carbonyl (C=O) groups is 2. The van der Waals surface area contributed by atoms with Gasteiger partial charge in [-0.15, -0.1) is 0 Å². The molecular weight excluding hydrogens is 240 g/mol. The predicted octanol–water partition coefficient (Wildman–Crippen LogP) is 3.20. The topological polar surface area (TPSA) is 47.3 Å². The molecule has 2 aromatic rings. The van der Waals surface area contributed by atoms with Crippen molar-refractivity contribution in [3.63, 3.8) is 0 Å². The van der Waals surface area contributed by atoms with Gasteiger partial charge in [0.1, 0.15) is 11.5 Å². The minimum Gasteiger partial charge on any atom is -0.460 e. The monoisotopic (exact) mass is 252 g/mol. The van der Waals surface area contributed by atoms with Gasteiger partial charge >= 0.3 is 0 Å². The highest BCUT2D eigenvalue weighted by Crippen LogP contribution is 2.40. The van der Waals surface area contributed by atoms with Gasteiger partial charge in [-0.3, -0.25) is 9.59 Å². The Morgan fingerprint density at radius 2 is 1.63 bits per heavy atom. The second-order valence-corrected chi connectivity index (χ2v) is 5.12. The number of fused-ring (bicyclic) bond motifs is 5. The van der Waals surface area contributed by atoms with Crippen LogP contribution in [0.4, 0.5) is 0 Å². The number of hydrogen-bond acceptors (Lipinski definition) is 3. The molecule has 3 heteroatoms. The molecule has 2 aliphatic carbocycles. The molecule has 0 N–H and O–H groups in total. The first kappa shape index (κ1) is 10.7. The third-order valence-electron chi connectivity index (χ3n) is 4.02. The van der Waals surface area contributed by atoms with Crippen LogP contribution in [0.3, 0.4) is 0 Å². The maximum atomic E-state index is 12.3. The summed E-state index contributed by atoms with van der Waals surface area (Å²) in [5, 5.41) is 0. The van der Waals surface area contributed by atoms with Crippen LogP contribution in [0.15, 0.2) is 28.7 Å². The number of benzene rings is 1. The van der Waals surface area contributed by atoms with E-state index in [0.29, 0.717) is 16.9 Å². The molecule has 4 rings (SSSR count). The fourth-order valence-corrected chi connectivity index (χ4v) is 3.11. The van der Waals surface area contributed by atoms with E-state index in [1.54, 1.807) is 12.1 Å². The van der Waals surface area contributed by atoms with Gasteiger partial charge in [0.25, 0.3) is 0 Å². The van der Waals surface area contributed by atoms with Gasteiger partial charge in [-0.05, 0) is 19.3 Å². The van der Waals surface area contributed by atoms with Crippen molar-refractivity contribution >= 4 is 11.6 Å². The first-order chi connectivity index (χ1) is 9.27. The minimum atomic E-state index is -0.405.